The number of hydrogen-bond acceptors (Lipinski definition) is 2. The van der Waals surface area contributed by atoms with Crippen LogP contribution in [-0.2, 0) is 9.59 Å². The Labute approximate surface area is 89.7 Å². The Kier molecular flexibility index (Phi) is 3.62. The molecule has 0 saturated heterocycles. The molecular formula is C9H7ClFNO3. The summed E-state index contributed by atoms with van der Waals surface area (Å²) in [6.45, 7) is 0. The minimum atomic E-state index is -1.48. The van der Waals surface area contributed by atoms with E-state index in [1.165, 1.54) is 12.1 Å². The summed E-state index contributed by atoms with van der Waals surface area (Å²) in [4.78, 5) is 20.9. The maximum absolute atomic E-state index is 13.3. The Morgan fingerprint density at radius 2 is 2.27 bits per heavy atom. The van der Waals surface area contributed by atoms with Crippen LogP contribution in [0, 0.1) is 5.82 Å². The molecule has 6 heteroatoms. The molecule has 0 spiro atoms. The van der Waals surface area contributed by atoms with Crippen LogP contribution in [0.1, 0.15) is 11.6 Å². The Morgan fingerprint density at radius 1 is 1.60 bits per heavy atom. The largest absolute Gasteiger partial charge is 0.479 e. The number of carboxylic acids is 1. The Bertz CT molecular complexity index is 377. The number of amides is 1. The van der Waals surface area contributed by atoms with Crippen molar-refractivity contribution in [1.29, 1.82) is 0 Å². The van der Waals surface area contributed by atoms with Crippen molar-refractivity contribution in [2.24, 2.45) is 0 Å². The van der Waals surface area contributed by atoms with Crippen LogP contribution in [0.25, 0.3) is 0 Å². The topological polar surface area (TPSA) is 66.4 Å². The summed E-state index contributed by atoms with van der Waals surface area (Å²) in [6.07, 6.45) is 0.182. The minimum Gasteiger partial charge on any atom is -0.479 e. The lowest BCUT2D eigenvalue weighted by Crippen LogP contribution is -2.28. The zero-order chi connectivity index (χ0) is 11.4. The molecule has 0 fully saturated rings. The van der Waals surface area contributed by atoms with Crippen molar-refractivity contribution in [1.82, 2.24) is 5.32 Å². The smallest absolute Gasteiger partial charge is 0.331 e. The van der Waals surface area contributed by atoms with Crippen LogP contribution in [-0.4, -0.2) is 17.5 Å². The lowest BCUT2D eigenvalue weighted by Gasteiger charge is -2.13. The van der Waals surface area contributed by atoms with E-state index in [1.54, 1.807) is 0 Å². The summed E-state index contributed by atoms with van der Waals surface area (Å²) in [6, 6.07) is 2.30. The van der Waals surface area contributed by atoms with Crippen molar-refractivity contribution in [2.45, 2.75) is 6.04 Å². The van der Waals surface area contributed by atoms with E-state index in [2.05, 4.69) is 0 Å². The number of aliphatic carboxylic acids is 1. The second kappa shape index (κ2) is 4.75. The number of nitrogens with one attached hydrogen (secondary N) is 1. The second-order valence-corrected chi connectivity index (χ2v) is 3.10. The fraction of sp³-hybridized carbons (Fsp3) is 0.111. The van der Waals surface area contributed by atoms with E-state index in [0.29, 0.717) is 0 Å². The number of benzene rings is 1. The molecule has 0 saturated carbocycles. The SMILES string of the molecule is O=CNC(C(=O)O)c1c(F)cccc1Cl. The summed E-state index contributed by atoms with van der Waals surface area (Å²) in [5.74, 6) is -2.15. The van der Waals surface area contributed by atoms with Gasteiger partial charge in [-0.3, -0.25) is 4.79 Å². The molecule has 0 radical (unpaired) electrons. The molecule has 0 aliphatic rings. The zero-order valence-corrected chi connectivity index (χ0v) is 8.16. The van der Waals surface area contributed by atoms with E-state index in [-0.39, 0.29) is 17.0 Å². The average Bonchev–Trinajstić information content (AvgIpc) is 2.15. The van der Waals surface area contributed by atoms with Gasteiger partial charge in [0.2, 0.25) is 6.41 Å². The number of carboxylic acid groups (broad SMARTS) is 1. The first kappa shape index (κ1) is 11.5. The van der Waals surface area contributed by atoms with Crippen molar-refractivity contribution in [3.05, 3.63) is 34.6 Å². The third-order valence-electron chi connectivity index (χ3n) is 1.77. The molecule has 15 heavy (non-hydrogen) atoms. The Balaban J connectivity index is 3.21. The molecule has 1 aromatic rings. The molecule has 4 nitrogen and oxygen atoms in total. The number of halogens is 2. The summed E-state index contributed by atoms with van der Waals surface area (Å²) in [5, 5.41) is 10.7. The molecular weight excluding hydrogens is 225 g/mol. The van der Waals surface area contributed by atoms with Crippen LogP contribution < -0.4 is 5.32 Å². The first-order valence-corrected chi connectivity index (χ1v) is 4.32. The molecule has 1 atom stereocenters. The van der Waals surface area contributed by atoms with Gasteiger partial charge in [0, 0.05) is 10.6 Å². The third kappa shape index (κ3) is 2.44. The van der Waals surface area contributed by atoms with Crippen LogP contribution in [0.2, 0.25) is 5.02 Å². The fourth-order valence-corrected chi connectivity index (χ4v) is 1.40. The molecule has 1 amide bonds. The van der Waals surface area contributed by atoms with Crippen molar-refractivity contribution < 1.29 is 19.1 Å². The minimum absolute atomic E-state index is 0.0447. The second-order valence-electron chi connectivity index (χ2n) is 2.69. The molecule has 0 aliphatic heterocycles. The van der Waals surface area contributed by atoms with Gasteiger partial charge in [-0.05, 0) is 12.1 Å². The first-order chi connectivity index (χ1) is 7.07. The van der Waals surface area contributed by atoms with Crippen LogP contribution in [0.4, 0.5) is 4.39 Å². The number of hydrogen-bond donors (Lipinski definition) is 2. The molecule has 0 aliphatic carbocycles. The number of carbonyl (C=O) groups excluding carboxylic acids is 1. The third-order valence-corrected chi connectivity index (χ3v) is 2.10. The predicted octanol–water partition coefficient (Wildman–Crippen LogP) is 1.35. The van der Waals surface area contributed by atoms with Gasteiger partial charge in [0.15, 0.2) is 6.04 Å². The Hall–Kier alpha value is -1.62. The monoisotopic (exact) mass is 231 g/mol. The summed E-state index contributed by atoms with van der Waals surface area (Å²) in [7, 11) is 0. The zero-order valence-electron chi connectivity index (χ0n) is 7.41. The summed E-state index contributed by atoms with van der Waals surface area (Å²) >= 11 is 5.64. The van der Waals surface area contributed by atoms with Gasteiger partial charge in [-0.2, -0.15) is 0 Å². The average molecular weight is 232 g/mol. The van der Waals surface area contributed by atoms with E-state index in [1.807, 2.05) is 5.32 Å². The van der Waals surface area contributed by atoms with Crippen LogP contribution in [0.15, 0.2) is 18.2 Å². The Morgan fingerprint density at radius 3 is 2.73 bits per heavy atom. The van der Waals surface area contributed by atoms with Gasteiger partial charge >= 0.3 is 5.97 Å². The highest BCUT2D eigenvalue weighted by Gasteiger charge is 2.24. The van der Waals surface area contributed by atoms with Crippen molar-refractivity contribution in [3.63, 3.8) is 0 Å². The predicted molar refractivity (Wildman–Crippen MR) is 51.0 cm³/mol. The molecule has 80 valence electrons. The maximum atomic E-state index is 13.3. The molecule has 2 N–H and O–H groups in total. The van der Waals surface area contributed by atoms with Crippen molar-refractivity contribution in [3.8, 4) is 0 Å². The van der Waals surface area contributed by atoms with E-state index >= 15 is 0 Å². The summed E-state index contributed by atoms with van der Waals surface area (Å²) in [5.41, 5.74) is -0.251. The highest BCUT2D eigenvalue weighted by molar-refractivity contribution is 6.31. The van der Waals surface area contributed by atoms with Gasteiger partial charge in [-0.25, -0.2) is 9.18 Å². The highest BCUT2D eigenvalue weighted by Crippen LogP contribution is 2.25. The maximum Gasteiger partial charge on any atom is 0.331 e. The molecule has 0 aromatic heterocycles. The van der Waals surface area contributed by atoms with Gasteiger partial charge in [0.25, 0.3) is 0 Å². The number of carbonyl (C=O) groups is 2. The molecule has 1 aromatic carbocycles. The fourth-order valence-electron chi connectivity index (χ4n) is 1.13. The van der Waals surface area contributed by atoms with E-state index < -0.39 is 17.8 Å². The summed E-state index contributed by atoms with van der Waals surface area (Å²) < 4.78 is 13.3. The van der Waals surface area contributed by atoms with Gasteiger partial charge in [0.05, 0.1) is 0 Å². The van der Waals surface area contributed by atoms with E-state index in [4.69, 9.17) is 16.7 Å². The molecule has 0 heterocycles. The molecule has 1 unspecified atom stereocenters. The van der Waals surface area contributed by atoms with E-state index in [0.717, 1.165) is 6.07 Å². The highest BCUT2D eigenvalue weighted by atomic mass is 35.5. The van der Waals surface area contributed by atoms with Crippen LogP contribution >= 0.6 is 11.6 Å². The standard InChI is InChI=1S/C9H7ClFNO3/c10-5-2-1-3-6(11)7(5)8(9(14)15)12-4-13/h1-4,8H,(H,12,13)(H,14,15). The van der Waals surface area contributed by atoms with Gasteiger partial charge in [-0.1, -0.05) is 17.7 Å². The van der Waals surface area contributed by atoms with Gasteiger partial charge < -0.3 is 10.4 Å². The lowest BCUT2D eigenvalue weighted by molar-refractivity contribution is -0.140. The van der Waals surface area contributed by atoms with Gasteiger partial charge in [0.1, 0.15) is 5.82 Å². The van der Waals surface area contributed by atoms with Crippen LogP contribution in [0.5, 0.6) is 0 Å². The van der Waals surface area contributed by atoms with Crippen molar-refractivity contribution >= 4 is 24.0 Å². The number of rotatable bonds is 4. The lowest BCUT2D eigenvalue weighted by atomic mass is 10.1. The normalized spacial score (nSPS) is 11.9. The van der Waals surface area contributed by atoms with Crippen LogP contribution in [0.3, 0.4) is 0 Å². The van der Waals surface area contributed by atoms with Gasteiger partial charge in [-0.15, -0.1) is 0 Å². The van der Waals surface area contributed by atoms with Crippen molar-refractivity contribution in [2.75, 3.05) is 0 Å². The first-order valence-electron chi connectivity index (χ1n) is 3.94. The molecule has 1 rings (SSSR count). The quantitative estimate of drug-likeness (QED) is 0.769. The molecule has 0 bridgehead atoms. The van der Waals surface area contributed by atoms with E-state index in [9.17, 15) is 14.0 Å².